The highest BCUT2D eigenvalue weighted by molar-refractivity contribution is 6.39. The number of carbonyl (C=O) groups is 1. The highest BCUT2D eigenvalue weighted by Gasteiger charge is 2.39. The van der Waals surface area contributed by atoms with Crippen molar-refractivity contribution in [2.45, 2.75) is 57.4 Å². The molecule has 2 aromatic carbocycles. The first kappa shape index (κ1) is 27.0. The molecule has 37 heavy (non-hydrogen) atoms. The van der Waals surface area contributed by atoms with E-state index in [2.05, 4.69) is 17.1 Å². The Morgan fingerprint density at radius 2 is 1.73 bits per heavy atom. The molecule has 5 nitrogen and oxygen atoms in total. The van der Waals surface area contributed by atoms with E-state index < -0.39 is 17.3 Å². The van der Waals surface area contributed by atoms with E-state index in [1.165, 1.54) is 6.07 Å². The number of ether oxygens (including phenoxy) is 2. The molecule has 1 aliphatic rings. The molecule has 3 aromatic rings. The molecule has 0 saturated carbocycles. The summed E-state index contributed by atoms with van der Waals surface area (Å²) in [6.07, 6.45) is -3.35. The summed E-state index contributed by atoms with van der Waals surface area (Å²) in [5.74, 6) is 0. The summed E-state index contributed by atoms with van der Waals surface area (Å²) in [4.78, 5) is 18.8. The van der Waals surface area contributed by atoms with Crippen LogP contribution < -0.4 is 5.46 Å². The first-order valence-corrected chi connectivity index (χ1v) is 12.5. The fraction of sp³-hybridized carbons (Fsp3) is 0.429. The first-order valence-electron chi connectivity index (χ1n) is 12.5. The van der Waals surface area contributed by atoms with E-state index in [1.807, 2.05) is 39.0 Å². The molecule has 0 radical (unpaired) electrons. The van der Waals surface area contributed by atoms with Crippen molar-refractivity contribution >= 4 is 30.3 Å². The van der Waals surface area contributed by atoms with Crippen LogP contribution in [0, 0.1) is 0 Å². The molecule has 1 aromatic heterocycles. The topological polar surface area (TPSA) is 51.7 Å². The molecule has 0 N–H and O–H groups in total. The van der Waals surface area contributed by atoms with Crippen LogP contribution in [0.4, 0.5) is 18.0 Å². The lowest BCUT2D eigenvalue weighted by molar-refractivity contribution is -0.136. The van der Waals surface area contributed by atoms with Gasteiger partial charge in [0, 0.05) is 23.9 Å². The van der Waals surface area contributed by atoms with Crippen LogP contribution in [-0.2, 0) is 27.7 Å². The zero-order valence-corrected chi connectivity index (χ0v) is 21.7. The molecule has 9 heteroatoms. The lowest BCUT2D eigenvalue weighted by Gasteiger charge is -2.42. The number of pyridine rings is 1. The fourth-order valence-corrected chi connectivity index (χ4v) is 4.97. The number of rotatable bonds is 5. The van der Waals surface area contributed by atoms with E-state index >= 15 is 0 Å². The van der Waals surface area contributed by atoms with Crippen LogP contribution in [-0.4, -0.2) is 49.1 Å². The summed E-state index contributed by atoms with van der Waals surface area (Å²) in [5, 5.41) is 0.119. The maximum Gasteiger partial charge on any atom is 0.417 e. The number of alkyl halides is 3. The maximum atomic E-state index is 13.5. The van der Waals surface area contributed by atoms with Crippen LogP contribution in [0.5, 0.6) is 0 Å². The number of nitrogens with zero attached hydrogens (tertiary/aromatic N) is 2. The van der Waals surface area contributed by atoms with Gasteiger partial charge in [0.2, 0.25) is 0 Å². The Morgan fingerprint density at radius 3 is 2.35 bits per heavy atom. The van der Waals surface area contributed by atoms with Gasteiger partial charge in [-0.3, -0.25) is 4.98 Å². The standard InChI is InChI=1S/C28H32BF3N2O3/c1-26(2,3)37-25(35)34-14-12-27(13-15-34,19-8-5-4-6-9-19)18-36-17-20-16-22(29)24-21(28(30,31)32)10-7-11-23(24)33-20/h4-11,16H,12-15,17-18,29H2,1-3H3. The average molecular weight is 512 g/mol. The summed E-state index contributed by atoms with van der Waals surface area (Å²) in [6.45, 7) is 7.22. The molecular formula is C28H32BF3N2O3. The van der Waals surface area contributed by atoms with E-state index in [-0.39, 0.29) is 23.5 Å². The van der Waals surface area contributed by atoms with E-state index in [0.29, 0.717) is 49.2 Å². The zero-order valence-electron chi connectivity index (χ0n) is 21.7. The lowest BCUT2D eigenvalue weighted by Crippen LogP contribution is -2.48. The minimum Gasteiger partial charge on any atom is -0.444 e. The first-order chi connectivity index (χ1) is 17.4. The van der Waals surface area contributed by atoms with Gasteiger partial charge in [0.1, 0.15) is 13.4 Å². The highest BCUT2D eigenvalue weighted by atomic mass is 19.4. The van der Waals surface area contributed by atoms with E-state index in [1.54, 1.807) is 24.9 Å². The van der Waals surface area contributed by atoms with Crippen molar-refractivity contribution in [1.29, 1.82) is 0 Å². The number of likely N-dealkylation sites (tertiary alicyclic amines) is 1. The number of aromatic nitrogens is 1. The zero-order chi connectivity index (χ0) is 26.8. The van der Waals surface area contributed by atoms with Gasteiger partial charge in [-0.1, -0.05) is 41.9 Å². The second-order valence-electron chi connectivity index (χ2n) is 10.7. The molecule has 2 heterocycles. The summed E-state index contributed by atoms with van der Waals surface area (Å²) in [5.41, 5.74) is 1.00. The molecule has 0 unspecified atom stereocenters. The van der Waals surface area contributed by atoms with E-state index in [9.17, 15) is 18.0 Å². The van der Waals surface area contributed by atoms with Gasteiger partial charge in [0.05, 0.1) is 30.0 Å². The van der Waals surface area contributed by atoms with Crippen LogP contribution in [0.15, 0.2) is 54.6 Å². The normalized spacial score (nSPS) is 16.1. The molecule has 196 valence electrons. The molecule has 1 fully saturated rings. The van der Waals surface area contributed by atoms with Crippen LogP contribution >= 0.6 is 0 Å². The van der Waals surface area contributed by atoms with Crippen molar-refractivity contribution in [3.63, 3.8) is 0 Å². The van der Waals surface area contributed by atoms with Crippen molar-refractivity contribution in [2.24, 2.45) is 0 Å². The molecule has 0 aliphatic carbocycles. The molecule has 1 amide bonds. The second kappa shape index (κ2) is 10.4. The van der Waals surface area contributed by atoms with Crippen molar-refractivity contribution in [2.75, 3.05) is 19.7 Å². The van der Waals surface area contributed by atoms with Gasteiger partial charge in [-0.25, -0.2) is 4.79 Å². The van der Waals surface area contributed by atoms with Gasteiger partial charge in [0.25, 0.3) is 0 Å². The number of benzene rings is 2. The van der Waals surface area contributed by atoms with Gasteiger partial charge in [-0.05, 0) is 57.4 Å². The summed E-state index contributed by atoms with van der Waals surface area (Å²) >= 11 is 0. The van der Waals surface area contributed by atoms with Crippen LogP contribution in [0.1, 0.15) is 50.4 Å². The monoisotopic (exact) mass is 512 g/mol. The number of amides is 1. The number of fused-ring (bicyclic) bond motifs is 1. The number of hydrogen-bond donors (Lipinski definition) is 0. The van der Waals surface area contributed by atoms with E-state index in [0.717, 1.165) is 11.6 Å². The average Bonchev–Trinajstić information content (AvgIpc) is 2.83. The summed E-state index contributed by atoms with van der Waals surface area (Å²) in [6, 6.07) is 15.8. The largest absolute Gasteiger partial charge is 0.444 e. The summed E-state index contributed by atoms with van der Waals surface area (Å²) < 4.78 is 52.2. The molecular weight excluding hydrogens is 480 g/mol. The molecule has 1 aliphatic heterocycles. The molecule has 0 atom stereocenters. The van der Waals surface area contributed by atoms with Crippen molar-refractivity contribution in [3.05, 3.63) is 71.4 Å². The van der Waals surface area contributed by atoms with Gasteiger partial charge < -0.3 is 14.4 Å². The predicted molar refractivity (Wildman–Crippen MR) is 140 cm³/mol. The SMILES string of the molecule is Bc1cc(COCC2(c3ccccc3)CCN(C(=O)OC(C)(C)C)CC2)nc2cccc(C(F)(F)F)c12. The van der Waals surface area contributed by atoms with Crippen molar-refractivity contribution < 1.29 is 27.4 Å². The van der Waals surface area contributed by atoms with Crippen LogP contribution in [0.2, 0.25) is 0 Å². The highest BCUT2D eigenvalue weighted by Crippen LogP contribution is 2.37. The third-order valence-electron chi connectivity index (χ3n) is 6.78. The summed E-state index contributed by atoms with van der Waals surface area (Å²) in [7, 11) is 1.67. The minimum atomic E-state index is -4.44. The number of piperidine rings is 1. The molecule has 1 saturated heterocycles. The Balaban J connectivity index is 1.50. The fourth-order valence-electron chi connectivity index (χ4n) is 4.97. The number of carbonyl (C=O) groups excluding carboxylic acids is 1. The number of hydrogen-bond acceptors (Lipinski definition) is 4. The Hall–Kier alpha value is -3.07. The van der Waals surface area contributed by atoms with E-state index in [4.69, 9.17) is 9.47 Å². The number of halogens is 3. The quantitative estimate of drug-likeness (QED) is 0.452. The lowest BCUT2D eigenvalue weighted by atomic mass is 9.73. The Kier molecular flexibility index (Phi) is 7.56. The Morgan fingerprint density at radius 1 is 1.05 bits per heavy atom. The van der Waals surface area contributed by atoms with Gasteiger partial charge in [-0.15, -0.1) is 0 Å². The molecule has 0 bridgehead atoms. The maximum absolute atomic E-state index is 13.5. The third kappa shape index (κ3) is 6.26. The van der Waals surface area contributed by atoms with Crippen LogP contribution in [0.3, 0.4) is 0 Å². The minimum absolute atomic E-state index is 0.119. The predicted octanol–water partition coefficient (Wildman–Crippen LogP) is 5.00. The molecule has 0 spiro atoms. The van der Waals surface area contributed by atoms with Crippen molar-refractivity contribution in [3.8, 4) is 0 Å². The smallest absolute Gasteiger partial charge is 0.417 e. The van der Waals surface area contributed by atoms with Crippen molar-refractivity contribution in [1.82, 2.24) is 9.88 Å². The molecule has 4 rings (SSSR count). The van der Waals surface area contributed by atoms with Crippen LogP contribution in [0.25, 0.3) is 10.9 Å². The third-order valence-corrected chi connectivity index (χ3v) is 6.78. The van der Waals surface area contributed by atoms with Gasteiger partial charge in [0.15, 0.2) is 0 Å². The Labute approximate surface area is 216 Å². The van der Waals surface area contributed by atoms with Gasteiger partial charge >= 0.3 is 12.3 Å². The second-order valence-corrected chi connectivity index (χ2v) is 10.7. The Bertz CT molecular complexity index is 1250. The van der Waals surface area contributed by atoms with Gasteiger partial charge in [-0.2, -0.15) is 13.2 Å².